The topological polar surface area (TPSA) is 56.8 Å². The molecule has 0 aromatic rings. The van der Waals surface area contributed by atoms with Crippen molar-refractivity contribution in [1.82, 2.24) is 0 Å². The van der Waals surface area contributed by atoms with Crippen molar-refractivity contribution in [3.63, 3.8) is 0 Å². The highest BCUT2D eigenvalue weighted by Crippen LogP contribution is 2.38. The predicted octanol–water partition coefficient (Wildman–Crippen LogP) is 3.11. The van der Waals surface area contributed by atoms with Crippen molar-refractivity contribution in [2.75, 3.05) is 0 Å². The Morgan fingerprint density at radius 2 is 1.86 bits per heavy atom. The lowest BCUT2D eigenvalue weighted by molar-refractivity contribution is 0.00578. The third kappa shape index (κ3) is 3.34. The second kappa shape index (κ2) is 6.13. The molecule has 0 bridgehead atoms. The van der Waals surface area contributed by atoms with Crippen LogP contribution in [0.4, 0.5) is 0 Å². The number of nitrogens with zero attached hydrogens (tertiary/aromatic N) is 1. The Balaban J connectivity index is 2.04. The molecule has 1 saturated heterocycles. The van der Waals surface area contributed by atoms with Gasteiger partial charge in [0.1, 0.15) is 0 Å². The van der Waals surface area contributed by atoms with Gasteiger partial charge in [-0.3, -0.25) is 4.99 Å². The molecule has 5 heteroatoms. The SMILES string of the molecule is CCC(N=CC(=CN)B1OC(C)(C)C(C)(C)O1)C1CCC1. The number of hydrogen-bond acceptors (Lipinski definition) is 4. The van der Waals surface area contributed by atoms with Crippen LogP contribution in [0.3, 0.4) is 0 Å². The van der Waals surface area contributed by atoms with E-state index in [0.717, 1.165) is 17.8 Å². The number of aliphatic imine (C=N–C) groups is 1. The van der Waals surface area contributed by atoms with Gasteiger partial charge < -0.3 is 15.0 Å². The maximum Gasteiger partial charge on any atom is 0.497 e. The van der Waals surface area contributed by atoms with E-state index in [0.29, 0.717) is 6.04 Å². The highest BCUT2D eigenvalue weighted by atomic mass is 16.7. The summed E-state index contributed by atoms with van der Waals surface area (Å²) < 4.78 is 12.0. The third-order valence-electron chi connectivity index (χ3n) is 5.25. The molecule has 1 aliphatic carbocycles. The van der Waals surface area contributed by atoms with Crippen molar-refractivity contribution in [2.45, 2.75) is 77.5 Å². The highest BCUT2D eigenvalue weighted by molar-refractivity contribution is 6.60. The van der Waals surface area contributed by atoms with Gasteiger partial charge in [0, 0.05) is 11.7 Å². The van der Waals surface area contributed by atoms with E-state index in [9.17, 15) is 0 Å². The molecule has 1 unspecified atom stereocenters. The Bertz CT molecular complexity index is 412. The van der Waals surface area contributed by atoms with Crippen LogP contribution < -0.4 is 5.73 Å². The molecule has 0 aromatic heterocycles. The van der Waals surface area contributed by atoms with Crippen LogP contribution in [0, 0.1) is 5.92 Å². The fraction of sp³-hybridized carbons (Fsp3) is 0.812. The monoisotopic (exact) mass is 292 g/mol. The van der Waals surface area contributed by atoms with E-state index in [4.69, 9.17) is 20.0 Å². The van der Waals surface area contributed by atoms with Gasteiger partial charge in [0.25, 0.3) is 0 Å². The van der Waals surface area contributed by atoms with Crippen molar-refractivity contribution >= 4 is 13.3 Å². The summed E-state index contributed by atoms with van der Waals surface area (Å²) in [5.74, 6) is 0.739. The summed E-state index contributed by atoms with van der Waals surface area (Å²) in [6.07, 6.45) is 8.42. The fourth-order valence-electron chi connectivity index (χ4n) is 2.73. The van der Waals surface area contributed by atoms with Gasteiger partial charge in [-0.2, -0.15) is 0 Å². The zero-order valence-electron chi connectivity index (χ0n) is 14.1. The molecule has 4 nitrogen and oxygen atoms in total. The molecule has 2 N–H and O–H groups in total. The summed E-state index contributed by atoms with van der Waals surface area (Å²) in [4.78, 5) is 4.74. The van der Waals surface area contributed by atoms with E-state index in [2.05, 4.69) is 6.92 Å². The average molecular weight is 292 g/mol. The molecule has 0 aromatic carbocycles. The molecule has 0 amide bonds. The Kier molecular flexibility index (Phi) is 4.84. The molecule has 1 aliphatic heterocycles. The predicted molar refractivity (Wildman–Crippen MR) is 88.3 cm³/mol. The zero-order valence-corrected chi connectivity index (χ0v) is 14.1. The molecular formula is C16H29BN2O2. The van der Waals surface area contributed by atoms with Gasteiger partial charge in [-0.05, 0) is 59.1 Å². The van der Waals surface area contributed by atoms with Crippen LogP contribution in [-0.4, -0.2) is 30.6 Å². The first-order valence-corrected chi connectivity index (χ1v) is 8.11. The third-order valence-corrected chi connectivity index (χ3v) is 5.25. The van der Waals surface area contributed by atoms with E-state index in [1.165, 1.54) is 19.3 Å². The van der Waals surface area contributed by atoms with E-state index in [1.54, 1.807) is 6.20 Å². The molecule has 2 aliphatic rings. The van der Waals surface area contributed by atoms with Crippen molar-refractivity contribution in [3.05, 3.63) is 11.7 Å². The average Bonchev–Trinajstić information content (AvgIpc) is 2.55. The Hall–Kier alpha value is -0.805. The van der Waals surface area contributed by atoms with Crippen molar-refractivity contribution < 1.29 is 9.31 Å². The van der Waals surface area contributed by atoms with Gasteiger partial charge >= 0.3 is 7.12 Å². The first-order valence-electron chi connectivity index (χ1n) is 8.11. The summed E-state index contributed by atoms with van der Waals surface area (Å²) in [7, 11) is -0.428. The number of nitrogens with two attached hydrogens (primary N) is 1. The number of allylic oxidation sites excluding steroid dienone is 1. The van der Waals surface area contributed by atoms with Gasteiger partial charge in [-0.25, -0.2) is 0 Å². The largest absolute Gasteiger partial charge is 0.497 e. The lowest BCUT2D eigenvalue weighted by atomic mass is 9.78. The lowest BCUT2D eigenvalue weighted by Gasteiger charge is -2.32. The molecule has 118 valence electrons. The Morgan fingerprint density at radius 3 is 2.24 bits per heavy atom. The van der Waals surface area contributed by atoms with Gasteiger partial charge in [0.2, 0.25) is 0 Å². The molecule has 2 rings (SSSR count). The standard InChI is InChI=1S/C16H29BN2O2/c1-6-14(12-8-7-9-12)19-11-13(10-18)17-20-15(2,3)16(4,5)21-17/h10-12,14H,6-9,18H2,1-5H3. The summed E-state index contributed by atoms with van der Waals surface area (Å²) in [6.45, 7) is 10.4. The minimum Gasteiger partial charge on any atom is -0.405 e. The van der Waals surface area contributed by atoms with Crippen LogP contribution in [0.5, 0.6) is 0 Å². The first kappa shape index (κ1) is 16.6. The van der Waals surface area contributed by atoms with Crippen molar-refractivity contribution in [2.24, 2.45) is 16.6 Å². The minimum absolute atomic E-state index is 0.349. The van der Waals surface area contributed by atoms with Crippen LogP contribution in [0.1, 0.15) is 60.3 Å². The molecular weight excluding hydrogens is 263 g/mol. The maximum absolute atomic E-state index is 6.02. The molecule has 2 fully saturated rings. The van der Waals surface area contributed by atoms with Crippen LogP contribution in [-0.2, 0) is 9.31 Å². The quantitative estimate of drug-likeness (QED) is 0.625. The van der Waals surface area contributed by atoms with Gasteiger partial charge in [-0.15, -0.1) is 0 Å². The Labute approximate surface area is 129 Å². The summed E-state index contributed by atoms with van der Waals surface area (Å²) in [5.41, 5.74) is 5.88. The lowest BCUT2D eigenvalue weighted by Crippen LogP contribution is -2.41. The highest BCUT2D eigenvalue weighted by Gasteiger charge is 2.52. The minimum atomic E-state index is -0.428. The van der Waals surface area contributed by atoms with E-state index in [1.807, 2.05) is 33.9 Å². The molecule has 21 heavy (non-hydrogen) atoms. The first-order chi connectivity index (χ1) is 9.80. The second-order valence-electron chi connectivity index (χ2n) is 7.20. The van der Waals surface area contributed by atoms with Crippen LogP contribution in [0.15, 0.2) is 16.7 Å². The van der Waals surface area contributed by atoms with Crippen molar-refractivity contribution in [3.8, 4) is 0 Å². The van der Waals surface area contributed by atoms with Gasteiger partial charge in [-0.1, -0.05) is 13.3 Å². The Morgan fingerprint density at radius 1 is 1.29 bits per heavy atom. The molecule has 0 radical (unpaired) electrons. The van der Waals surface area contributed by atoms with Crippen molar-refractivity contribution in [1.29, 1.82) is 0 Å². The van der Waals surface area contributed by atoms with Gasteiger partial charge in [0.15, 0.2) is 0 Å². The summed E-state index contributed by atoms with van der Waals surface area (Å²) >= 11 is 0. The zero-order chi connectivity index (χ0) is 15.7. The van der Waals surface area contributed by atoms with Crippen LogP contribution in [0.2, 0.25) is 0 Å². The molecule has 1 saturated carbocycles. The summed E-state index contributed by atoms with van der Waals surface area (Å²) in [6, 6.07) is 0.399. The second-order valence-corrected chi connectivity index (χ2v) is 7.20. The number of hydrogen-bond donors (Lipinski definition) is 1. The van der Waals surface area contributed by atoms with Crippen LogP contribution >= 0.6 is 0 Å². The van der Waals surface area contributed by atoms with Crippen LogP contribution in [0.25, 0.3) is 0 Å². The normalized spacial score (nSPS) is 27.1. The molecule has 1 atom stereocenters. The fourth-order valence-corrected chi connectivity index (χ4v) is 2.73. The summed E-state index contributed by atoms with van der Waals surface area (Å²) in [5, 5.41) is 0. The maximum atomic E-state index is 6.02. The van der Waals surface area contributed by atoms with E-state index >= 15 is 0 Å². The van der Waals surface area contributed by atoms with E-state index < -0.39 is 7.12 Å². The van der Waals surface area contributed by atoms with Gasteiger partial charge in [0.05, 0.1) is 17.2 Å². The molecule has 0 spiro atoms. The smallest absolute Gasteiger partial charge is 0.405 e. The molecule has 1 heterocycles. The number of rotatable bonds is 5. The van der Waals surface area contributed by atoms with E-state index in [-0.39, 0.29) is 11.2 Å².